The lowest BCUT2D eigenvalue weighted by Crippen LogP contribution is -2.16. The molecule has 0 spiro atoms. The monoisotopic (exact) mass is 264 g/mol. The molecule has 3 rings (SSSR count). The molecule has 3 heterocycles. The smallest absolute Gasteiger partial charge is 0.278 e. The predicted octanol–water partition coefficient (Wildman–Crippen LogP) is 1.68. The molecule has 0 fully saturated rings. The van der Waals surface area contributed by atoms with Crippen LogP contribution in [-0.2, 0) is 6.54 Å². The zero-order chi connectivity index (χ0) is 12.5. The van der Waals surface area contributed by atoms with Crippen molar-refractivity contribution in [3.8, 4) is 5.88 Å². The highest BCUT2D eigenvalue weighted by Gasteiger charge is 2.18. The number of aromatic nitrogens is 3. The number of carbonyl (C=O) groups excluding carboxylic acids is 1. The fourth-order valence-electron chi connectivity index (χ4n) is 1.75. The van der Waals surface area contributed by atoms with E-state index in [1.807, 2.05) is 12.3 Å². The lowest BCUT2D eigenvalue weighted by Gasteiger charge is -2.13. The van der Waals surface area contributed by atoms with E-state index in [4.69, 9.17) is 4.74 Å². The Morgan fingerprint density at radius 2 is 2.50 bits per heavy atom. The highest BCUT2D eigenvalue weighted by Crippen LogP contribution is 2.20. The van der Waals surface area contributed by atoms with Gasteiger partial charge in [0.2, 0.25) is 5.88 Å². The maximum Gasteiger partial charge on any atom is 0.278 e. The molecule has 6 nitrogen and oxygen atoms in total. The number of ether oxygens (including phenoxy) is 1. The molecule has 1 aliphatic rings. The van der Waals surface area contributed by atoms with Gasteiger partial charge >= 0.3 is 0 Å². The Hall–Kier alpha value is -1.89. The number of carbonyl (C=O) groups is 1. The number of fused-ring (bicyclic) bond motifs is 1. The standard InChI is InChI=1S/C11H12N4O2S/c1-7-6-18-11(12-7)13-10(16)8-5-9-15(14-8)3-2-4-17-9/h5-6H,2-4H2,1H3,(H,12,13,16). The molecule has 0 saturated carbocycles. The van der Waals surface area contributed by atoms with Crippen LogP contribution < -0.4 is 10.1 Å². The van der Waals surface area contributed by atoms with Gasteiger partial charge in [0.15, 0.2) is 10.8 Å². The predicted molar refractivity (Wildman–Crippen MR) is 67.1 cm³/mol. The second kappa shape index (κ2) is 4.41. The van der Waals surface area contributed by atoms with Crippen LogP contribution in [0.4, 0.5) is 5.13 Å². The number of thiazole rings is 1. The van der Waals surface area contributed by atoms with Crippen LogP contribution in [0.25, 0.3) is 0 Å². The van der Waals surface area contributed by atoms with Gasteiger partial charge in [0.1, 0.15) is 0 Å². The molecular formula is C11H12N4O2S. The number of nitrogens with one attached hydrogen (secondary N) is 1. The van der Waals surface area contributed by atoms with Gasteiger partial charge in [0.25, 0.3) is 5.91 Å². The van der Waals surface area contributed by atoms with Gasteiger partial charge in [0.05, 0.1) is 12.3 Å². The van der Waals surface area contributed by atoms with E-state index in [-0.39, 0.29) is 5.91 Å². The molecule has 0 aliphatic carbocycles. The maximum absolute atomic E-state index is 12.0. The van der Waals surface area contributed by atoms with E-state index in [0.29, 0.717) is 23.3 Å². The molecule has 1 amide bonds. The van der Waals surface area contributed by atoms with Crippen molar-refractivity contribution in [3.05, 3.63) is 22.8 Å². The summed E-state index contributed by atoms with van der Waals surface area (Å²) in [7, 11) is 0. The largest absolute Gasteiger partial charge is 0.478 e. The van der Waals surface area contributed by atoms with Gasteiger partial charge in [-0.05, 0) is 6.92 Å². The number of hydrogen-bond acceptors (Lipinski definition) is 5. The van der Waals surface area contributed by atoms with Crippen molar-refractivity contribution in [3.63, 3.8) is 0 Å². The first-order valence-corrected chi connectivity index (χ1v) is 6.54. The second-order valence-electron chi connectivity index (χ2n) is 4.04. The van der Waals surface area contributed by atoms with Gasteiger partial charge in [-0.1, -0.05) is 0 Å². The summed E-state index contributed by atoms with van der Waals surface area (Å²) in [5, 5.41) is 9.41. The van der Waals surface area contributed by atoms with Crippen LogP contribution in [0.5, 0.6) is 5.88 Å². The highest BCUT2D eigenvalue weighted by molar-refractivity contribution is 7.13. The summed E-state index contributed by atoms with van der Waals surface area (Å²) in [6.07, 6.45) is 0.918. The Morgan fingerprint density at radius 3 is 3.22 bits per heavy atom. The molecule has 1 N–H and O–H groups in total. The molecule has 0 atom stereocenters. The van der Waals surface area contributed by atoms with Gasteiger partial charge in [-0.2, -0.15) is 5.10 Å². The van der Waals surface area contributed by atoms with Crippen molar-refractivity contribution in [1.82, 2.24) is 14.8 Å². The van der Waals surface area contributed by atoms with E-state index in [2.05, 4.69) is 15.4 Å². The van der Waals surface area contributed by atoms with Gasteiger partial charge < -0.3 is 4.74 Å². The second-order valence-corrected chi connectivity index (χ2v) is 4.90. The third kappa shape index (κ3) is 2.08. The SMILES string of the molecule is Cc1csc(NC(=O)c2cc3n(n2)CCCO3)n1. The first kappa shape index (κ1) is 11.2. The van der Waals surface area contributed by atoms with E-state index >= 15 is 0 Å². The zero-order valence-corrected chi connectivity index (χ0v) is 10.7. The Labute approximate surface area is 108 Å². The van der Waals surface area contributed by atoms with Crippen LogP contribution in [-0.4, -0.2) is 27.3 Å². The van der Waals surface area contributed by atoms with Crippen LogP contribution in [0.3, 0.4) is 0 Å². The average molecular weight is 264 g/mol. The Morgan fingerprint density at radius 1 is 1.61 bits per heavy atom. The fraction of sp³-hybridized carbons (Fsp3) is 0.364. The third-order valence-electron chi connectivity index (χ3n) is 2.58. The number of anilines is 1. The number of aryl methyl sites for hydroxylation is 2. The topological polar surface area (TPSA) is 69.0 Å². The van der Waals surface area contributed by atoms with E-state index in [9.17, 15) is 4.79 Å². The average Bonchev–Trinajstić information content (AvgIpc) is 2.95. The van der Waals surface area contributed by atoms with Crippen molar-refractivity contribution in [2.45, 2.75) is 19.9 Å². The molecule has 18 heavy (non-hydrogen) atoms. The number of hydrogen-bond donors (Lipinski definition) is 1. The molecule has 0 bridgehead atoms. The normalized spacial score (nSPS) is 13.8. The van der Waals surface area contributed by atoms with Crippen LogP contribution in [0.2, 0.25) is 0 Å². The summed E-state index contributed by atoms with van der Waals surface area (Å²) in [4.78, 5) is 16.1. The van der Waals surface area contributed by atoms with E-state index in [1.165, 1.54) is 11.3 Å². The van der Waals surface area contributed by atoms with Crippen LogP contribution in [0, 0.1) is 6.92 Å². The minimum atomic E-state index is -0.255. The molecule has 0 radical (unpaired) electrons. The molecule has 2 aromatic heterocycles. The molecular weight excluding hydrogens is 252 g/mol. The molecule has 0 saturated heterocycles. The summed E-state index contributed by atoms with van der Waals surface area (Å²) in [5.74, 6) is 0.400. The number of rotatable bonds is 2. The highest BCUT2D eigenvalue weighted by atomic mass is 32.1. The summed E-state index contributed by atoms with van der Waals surface area (Å²) in [6, 6.07) is 1.66. The molecule has 0 unspecified atom stereocenters. The first-order chi connectivity index (χ1) is 8.72. The van der Waals surface area contributed by atoms with Crippen molar-refractivity contribution in [1.29, 1.82) is 0 Å². The Kier molecular flexibility index (Phi) is 2.75. The number of amides is 1. The lowest BCUT2D eigenvalue weighted by molar-refractivity contribution is 0.102. The third-order valence-corrected chi connectivity index (χ3v) is 3.45. The van der Waals surface area contributed by atoms with E-state index in [1.54, 1.807) is 10.7 Å². The van der Waals surface area contributed by atoms with E-state index in [0.717, 1.165) is 18.7 Å². The van der Waals surface area contributed by atoms with Crippen LogP contribution in [0.15, 0.2) is 11.4 Å². The summed E-state index contributed by atoms with van der Waals surface area (Å²) in [5.41, 5.74) is 1.25. The minimum Gasteiger partial charge on any atom is -0.478 e. The molecule has 94 valence electrons. The van der Waals surface area contributed by atoms with Crippen molar-refractivity contribution >= 4 is 22.4 Å². The number of nitrogens with zero attached hydrogens (tertiary/aromatic N) is 3. The van der Waals surface area contributed by atoms with E-state index < -0.39 is 0 Å². The molecule has 1 aliphatic heterocycles. The molecule has 0 aromatic carbocycles. The van der Waals surface area contributed by atoms with Crippen molar-refractivity contribution < 1.29 is 9.53 Å². The van der Waals surface area contributed by atoms with Crippen LogP contribution >= 0.6 is 11.3 Å². The van der Waals surface area contributed by atoms with Gasteiger partial charge in [-0.15, -0.1) is 11.3 Å². The first-order valence-electron chi connectivity index (χ1n) is 5.66. The zero-order valence-electron chi connectivity index (χ0n) is 9.84. The van der Waals surface area contributed by atoms with Gasteiger partial charge in [-0.25, -0.2) is 9.67 Å². The maximum atomic E-state index is 12.0. The quantitative estimate of drug-likeness (QED) is 0.896. The van der Waals surface area contributed by atoms with Gasteiger partial charge in [-0.3, -0.25) is 10.1 Å². The molecule has 2 aromatic rings. The minimum absolute atomic E-state index is 0.255. The fourth-order valence-corrected chi connectivity index (χ4v) is 2.43. The lowest BCUT2D eigenvalue weighted by atomic mass is 10.4. The van der Waals surface area contributed by atoms with Crippen molar-refractivity contribution in [2.75, 3.05) is 11.9 Å². The van der Waals surface area contributed by atoms with Crippen molar-refractivity contribution in [2.24, 2.45) is 0 Å². The Bertz CT molecular complexity index is 566. The summed E-state index contributed by atoms with van der Waals surface area (Å²) >= 11 is 1.40. The Balaban J connectivity index is 1.78. The molecule has 7 heteroatoms. The summed E-state index contributed by atoms with van der Waals surface area (Å²) in [6.45, 7) is 3.35. The summed E-state index contributed by atoms with van der Waals surface area (Å²) < 4.78 is 7.13. The van der Waals surface area contributed by atoms with Crippen LogP contribution in [0.1, 0.15) is 22.6 Å². The van der Waals surface area contributed by atoms with Gasteiger partial charge in [0, 0.05) is 24.4 Å².